The van der Waals surface area contributed by atoms with Gasteiger partial charge in [-0.05, 0) is 37.0 Å². The lowest BCUT2D eigenvalue weighted by molar-refractivity contribution is 0.128. The number of nitrogens with two attached hydrogens (primary N) is 1. The summed E-state index contributed by atoms with van der Waals surface area (Å²) in [6.07, 6.45) is 3.68. The van der Waals surface area contributed by atoms with Gasteiger partial charge in [-0.3, -0.25) is 4.99 Å². The van der Waals surface area contributed by atoms with Gasteiger partial charge in [-0.2, -0.15) is 0 Å². The number of hydrogen-bond acceptors (Lipinski definition) is 2. The summed E-state index contributed by atoms with van der Waals surface area (Å²) in [5.41, 5.74) is 6.89. The van der Waals surface area contributed by atoms with Crippen molar-refractivity contribution < 1.29 is 4.74 Å². The van der Waals surface area contributed by atoms with Gasteiger partial charge < -0.3 is 15.4 Å². The molecule has 4 nitrogen and oxygen atoms in total. The van der Waals surface area contributed by atoms with Crippen LogP contribution in [0.3, 0.4) is 0 Å². The summed E-state index contributed by atoms with van der Waals surface area (Å²) in [5.74, 6) is 0.628. The van der Waals surface area contributed by atoms with Gasteiger partial charge in [-0.25, -0.2) is 0 Å². The van der Waals surface area contributed by atoms with Gasteiger partial charge in [0, 0.05) is 23.1 Å². The Labute approximate surface area is 159 Å². The zero-order valence-electron chi connectivity index (χ0n) is 12.4. The molecule has 0 atom stereocenters. The van der Waals surface area contributed by atoms with Crippen LogP contribution in [0.2, 0.25) is 10.0 Å². The number of hydrogen-bond donors (Lipinski definition) is 1. The molecule has 1 saturated heterocycles. The first-order valence-electron chi connectivity index (χ1n) is 7.23. The Kier molecular flexibility index (Phi) is 9.47. The quantitative estimate of drug-likeness (QED) is 0.315. The molecule has 1 fully saturated rings. The van der Waals surface area contributed by atoms with Crippen LogP contribution in [0.15, 0.2) is 23.2 Å². The fraction of sp³-hybridized carbons (Fsp3) is 0.533. The summed E-state index contributed by atoms with van der Waals surface area (Å²) in [4.78, 5) is 6.50. The highest BCUT2D eigenvalue weighted by molar-refractivity contribution is 14.0. The number of aliphatic imine (C=N–C) groups is 1. The van der Waals surface area contributed by atoms with Crippen molar-refractivity contribution >= 4 is 53.1 Å². The number of ether oxygens (including phenoxy) is 1. The molecule has 1 aromatic carbocycles. The number of piperidine rings is 1. The SMILES string of the molecule is I.NC(=NCCOCc1ccc(Cl)cc1Cl)N1CCCCC1. The molecule has 2 rings (SSSR count). The predicted molar refractivity (Wildman–Crippen MR) is 103 cm³/mol. The minimum absolute atomic E-state index is 0. The molecule has 0 bridgehead atoms. The molecule has 0 saturated carbocycles. The van der Waals surface area contributed by atoms with Gasteiger partial charge in [0.15, 0.2) is 5.96 Å². The number of nitrogens with zero attached hydrogens (tertiary/aromatic N) is 2. The molecular formula is C15H22Cl2IN3O. The summed E-state index contributed by atoms with van der Waals surface area (Å²) in [5, 5.41) is 1.25. The fourth-order valence-corrected chi connectivity index (χ4v) is 2.73. The second-order valence-corrected chi connectivity index (χ2v) is 5.92. The molecule has 22 heavy (non-hydrogen) atoms. The van der Waals surface area contributed by atoms with Gasteiger partial charge in [0.2, 0.25) is 0 Å². The average molecular weight is 458 g/mol. The van der Waals surface area contributed by atoms with Crippen molar-refractivity contribution in [2.45, 2.75) is 25.9 Å². The molecule has 1 aliphatic heterocycles. The third kappa shape index (κ3) is 6.48. The molecule has 0 aromatic heterocycles. The van der Waals surface area contributed by atoms with Crippen molar-refractivity contribution in [1.82, 2.24) is 4.90 Å². The zero-order chi connectivity index (χ0) is 15.1. The summed E-state index contributed by atoms with van der Waals surface area (Å²) in [6.45, 7) is 3.56. The Morgan fingerprint density at radius 3 is 2.64 bits per heavy atom. The summed E-state index contributed by atoms with van der Waals surface area (Å²) >= 11 is 11.9. The lowest BCUT2D eigenvalue weighted by Crippen LogP contribution is -2.41. The van der Waals surface area contributed by atoms with E-state index in [0.717, 1.165) is 18.7 Å². The van der Waals surface area contributed by atoms with E-state index in [0.29, 0.717) is 35.8 Å². The van der Waals surface area contributed by atoms with Gasteiger partial charge in [-0.1, -0.05) is 29.3 Å². The molecular weight excluding hydrogens is 436 g/mol. The summed E-state index contributed by atoms with van der Waals surface area (Å²) in [7, 11) is 0. The molecule has 2 N–H and O–H groups in total. The third-order valence-electron chi connectivity index (χ3n) is 3.46. The smallest absolute Gasteiger partial charge is 0.191 e. The standard InChI is InChI=1S/C15H21Cl2N3O.HI/c16-13-5-4-12(14(17)10-13)11-21-9-6-19-15(18)20-7-2-1-3-8-20;/h4-5,10H,1-3,6-9,11H2,(H2,18,19);1H. The van der Waals surface area contributed by atoms with Crippen LogP contribution in [0.25, 0.3) is 0 Å². The highest BCUT2D eigenvalue weighted by atomic mass is 127. The number of benzene rings is 1. The minimum atomic E-state index is 0. The lowest BCUT2D eigenvalue weighted by Gasteiger charge is -2.27. The summed E-state index contributed by atoms with van der Waals surface area (Å²) < 4.78 is 5.57. The van der Waals surface area contributed by atoms with Crippen molar-refractivity contribution in [2.75, 3.05) is 26.2 Å². The van der Waals surface area contributed by atoms with Crippen molar-refractivity contribution in [3.05, 3.63) is 33.8 Å². The van der Waals surface area contributed by atoms with Crippen molar-refractivity contribution in [3.63, 3.8) is 0 Å². The first-order chi connectivity index (χ1) is 10.2. The van der Waals surface area contributed by atoms with E-state index in [1.165, 1.54) is 19.3 Å². The van der Waals surface area contributed by atoms with E-state index in [1.807, 2.05) is 6.07 Å². The van der Waals surface area contributed by atoms with Crippen molar-refractivity contribution in [3.8, 4) is 0 Å². The maximum absolute atomic E-state index is 6.08. The Balaban J connectivity index is 0.00000242. The van der Waals surface area contributed by atoms with E-state index in [-0.39, 0.29) is 24.0 Å². The maximum Gasteiger partial charge on any atom is 0.191 e. The Morgan fingerprint density at radius 2 is 1.95 bits per heavy atom. The molecule has 124 valence electrons. The predicted octanol–water partition coefficient (Wildman–Crippen LogP) is 3.93. The monoisotopic (exact) mass is 457 g/mol. The molecule has 7 heteroatoms. The number of guanidine groups is 1. The third-order valence-corrected chi connectivity index (χ3v) is 4.05. The molecule has 1 aliphatic rings. The van der Waals surface area contributed by atoms with Gasteiger partial charge in [0.05, 0.1) is 19.8 Å². The fourth-order valence-electron chi connectivity index (χ4n) is 2.27. The topological polar surface area (TPSA) is 50.9 Å². The van der Waals surface area contributed by atoms with Crippen LogP contribution in [0.4, 0.5) is 0 Å². The highest BCUT2D eigenvalue weighted by Crippen LogP contribution is 2.21. The van der Waals surface area contributed by atoms with Crippen LogP contribution in [-0.4, -0.2) is 37.1 Å². The van der Waals surface area contributed by atoms with Crippen molar-refractivity contribution in [1.29, 1.82) is 0 Å². The van der Waals surface area contributed by atoms with Gasteiger partial charge in [-0.15, -0.1) is 24.0 Å². The van der Waals surface area contributed by atoms with Crippen LogP contribution in [0.5, 0.6) is 0 Å². The highest BCUT2D eigenvalue weighted by Gasteiger charge is 2.11. The molecule has 0 amide bonds. The van der Waals surface area contributed by atoms with E-state index in [1.54, 1.807) is 12.1 Å². The van der Waals surface area contributed by atoms with Crippen LogP contribution >= 0.6 is 47.2 Å². The van der Waals surface area contributed by atoms with E-state index in [2.05, 4.69) is 9.89 Å². The molecule has 0 spiro atoms. The van der Waals surface area contributed by atoms with Crippen LogP contribution in [-0.2, 0) is 11.3 Å². The molecule has 1 aromatic rings. The Hall–Kier alpha value is -0.240. The molecule has 0 radical (unpaired) electrons. The second kappa shape index (κ2) is 10.5. The molecule has 1 heterocycles. The van der Waals surface area contributed by atoms with Crippen LogP contribution in [0, 0.1) is 0 Å². The number of halogens is 3. The minimum Gasteiger partial charge on any atom is -0.375 e. The normalized spacial score (nSPS) is 15.5. The van der Waals surface area contributed by atoms with E-state index in [9.17, 15) is 0 Å². The largest absolute Gasteiger partial charge is 0.375 e. The van der Waals surface area contributed by atoms with Gasteiger partial charge >= 0.3 is 0 Å². The Morgan fingerprint density at radius 1 is 1.23 bits per heavy atom. The average Bonchev–Trinajstić information content (AvgIpc) is 2.49. The summed E-state index contributed by atoms with van der Waals surface area (Å²) in [6, 6.07) is 5.39. The van der Waals surface area contributed by atoms with Crippen LogP contribution < -0.4 is 5.73 Å². The lowest BCUT2D eigenvalue weighted by atomic mass is 10.1. The maximum atomic E-state index is 6.08. The van der Waals surface area contributed by atoms with Gasteiger partial charge in [0.1, 0.15) is 0 Å². The van der Waals surface area contributed by atoms with Gasteiger partial charge in [0.25, 0.3) is 0 Å². The number of rotatable bonds is 5. The van der Waals surface area contributed by atoms with Crippen molar-refractivity contribution in [2.24, 2.45) is 10.7 Å². The Bertz CT molecular complexity index is 494. The van der Waals surface area contributed by atoms with E-state index in [4.69, 9.17) is 33.7 Å². The first kappa shape index (κ1) is 19.8. The molecule has 0 unspecified atom stereocenters. The first-order valence-corrected chi connectivity index (χ1v) is 7.99. The second-order valence-electron chi connectivity index (χ2n) is 5.08. The zero-order valence-corrected chi connectivity index (χ0v) is 16.3. The van der Waals surface area contributed by atoms with E-state index < -0.39 is 0 Å². The van der Waals surface area contributed by atoms with E-state index >= 15 is 0 Å². The molecule has 0 aliphatic carbocycles. The van der Waals surface area contributed by atoms with Crippen LogP contribution in [0.1, 0.15) is 24.8 Å². The number of likely N-dealkylation sites (tertiary alicyclic amines) is 1.